The van der Waals surface area contributed by atoms with E-state index in [9.17, 15) is 4.79 Å². The summed E-state index contributed by atoms with van der Waals surface area (Å²) in [5.41, 5.74) is 1.99. The molecule has 0 amide bonds. The molecule has 0 aliphatic carbocycles. The van der Waals surface area contributed by atoms with Crippen LogP contribution in [0.3, 0.4) is 0 Å². The summed E-state index contributed by atoms with van der Waals surface area (Å²) in [6.45, 7) is 6.84. The van der Waals surface area contributed by atoms with Crippen LogP contribution >= 0.6 is 0 Å². The summed E-state index contributed by atoms with van der Waals surface area (Å²) in [6, 6.07) is 23.6. The van der Waals surface area contributed by atoms with Crippen LogP contribution in [0.25, 0.3) is 5.20 Å². The fourth-order valence-electron chi connectivity index (χ4n) is 3.30. The predicted molar refractivity (Wildman–Crippen MR) is 102 cm³/mol. The van der Waals surface area contributed by atoms with Crippen molar-refractivity contribution in [1.82, 2.24) is 0 Å². The number of hydrogen-bond donors (Lipinski definition) is 0. The van der Waals surface area contributed by atoms with Crippen LogP contribution in [-0.2, 0) is 0 Å². The topological polar surface area (TPSA) is 17.1 Å². The lowest BCUT2D eigenvalue weighted by Crippen LogP contribution is -2.34. The Labute approximate surface area is 141 Å². The summed E-state index contributed by atoms with van der Waals surface area (Å²) in [6.07, 6.45) is 1.92. The highest BCUT2D eigenvalue weighted by Gasteiger charge is 2.32. The number of rotatable bonds is 7. The number of benzene rings is 2. The molecule has 0 aliphatic rings. The van der Waals surface area contributed by atoms with Crippen molar-refractivity contribution in [3.05, 3.63) is 77.9 Å². The monoisotopic (exact) mass is 322 g/mol. The van der Waals surface area contributed by atoms with Crippen molar-refractivity contribution in [2.45, 2.75) is 38.9 Å². The average molecular weight is 323 g/mol. The van der Waals surface area contributed by atoms with Gasteiger partial charge in [0.1, 0.15) is 0 Å². The van der Waals surface area contributed by atoms with Crippen LogP contribution in [0.2, 0.25) is 18.1 Å². The molecule has 0 aliphatic heterocycles. The van der Waals surface area contributed by atoms with Gasteiger partial charge in [0.15, 0.2) is 5.78 Å². The molecule has 0 N–H and O–H groups in total. The lowest BCUT2D eigenvalue weighted by atomic mass is 10.1. The molecule has 2 aromatic carbocycles. The van der Waals surface area contributed by atoms with Gasteiger partial charge in [-0.2, -0.15) is 0 Å². The minimum absolute atomic E-state index is 0.122. The van der Waals surface area contributed by atoms with Gasteiger partial charge in [0.2, 0.25) is 0 Å². The molecule has 0 spiro atoms. The molecule has 1 nitrogen and oxygen atoms in total. The lowest BCUT2D eigenvalue weighted by Gasteiger charge is -2.31. The first-order valence-electron chi connectivity index (χ1n) is 8.53. The van der Waals surface area contributed by atoms with Crippen molar-refractivity contribution in [2.24, 2.45) is 0 Å². The largest absolute Gasteiger partial charge is 0.289 e. The van der Waals surface area contributed by atoms with E-state index in [2.05, 4.69) is 45.0 Å². The number of allylic oxidation sites excluding steroid dienone is 1. The Morgan fingerprint density at radius 1 is 0.783 bits per heavy atom. The molecule has 0 fully saturated rings. The summed E-state index contributed by atoms with van der Waals surface area (Å²) in [5.74, 6) is 0.122. The van der Waals surface area contributed by atoms with Crippen molar-refractivity contribution < 1.29 is 4.79 Å². The Hall–Kier alpha value is -1.93. The zero-order valence-corrected chi connectivity index (χ0v) is 15.4. The maximum absolute atomic E-state index is 12.8. The highest BCUT2D eigenvalue weighted by Crippen LogP contribution is 2.35. The first kappa shape index (κ1) is 17.4. The molecule has 120 valence electrons. The maximum Gasteiger partial charge on any atom is 0.185 e. The van der Waals surface area contributed by atoms with Crippen LogP contribution in [0.1, 0.15) is 36.7 Å². The van der Waals surface area contributed by atoms with Gasteiger partial charge in [-0.25, -0.2) is 0 Å². The first-order valence-corrected chi connectivity index (χ1v) is 11.2. The van der Waals surface area contributed by atoms with Crippen LogP contribution < -0.4 is 0 Å². The van der Waals surface area contributed by atoms with Gasteiger partial charge in [-0.05, 0) is 16.8 Å². The van der Waals surface area contributed by atoms with Crippen molar-refractivity contribution in [3.63, 3.8) is 0 Å². The maximum atomic E-state index is 12.8. The molecule has 0 bridgehead atoms. The van der Waals surface area contributed by atoms with E-state index >= 15 is 0 Å². The molecule has 0 radical (unpaired) electrons. The zero-order valence-electron chi connectivity index (χ0n) is 14.4. The Kier molecular flexibility index (Phi) is 6.11. The Morgan fingerprint density at radius 2 is 1.22 bits per heavy atom. The van der Waals surface area contributed by atoms with Crippen molar-refractivity contribution in [1.29, 1.82) is 0 Å². The minimum Gasteiger partial charge on any atom is -0.289 e. The molecule has 2 aromatic rings. The zero-order chi connectivity index (χ0) is 16.7. The van der Waals surface area contributed by atoms with E-state index in [1.165, 1.54) is 28.9 Å². The second-order valence-corrected chi connectivity index (χ2v) is 11.2. The van der Waals surface area contributed by atoms with Crippen LogP contribution in [0, 0.1) is 0 Å². The minimum atomic E-state index is -1.64. The Morgan fingerprint density at radius 3 is 1.65 bits per heavy atom. The second kappa shape index (κ2) is 8.07. The Balaban J connectivity index is 2.54. The first-order chi connectivity index (χ1) is 11.2. The van der Waals surface area contributed by atoms with Crippen LogP contribution in [0.4, 0.5) is 0 Å². The van der Waals surface area contributed by atoms with Crippen molar-refractivity contribution in [2.75, 3.05) is 0 Å². The summed E-state index contributed by atoms with van der Waals surface area (Å²) in [5, 5.41) is 1.31. The van der Waals surface area contributed by atoms with Crippen molar-refractivity contribution in [3.8, 4) is 0 Å². The summed E-state index contributed by atoms with van der Waals surface area (Å²) < 4.78 is 0. The van der Waals surface area contributed by atoms with Gasteiger partial charge in [0.05, 0.1) is 8.07 Å². The molecule has 0 saturated carbocycles. The molecule has 2 rings (SSSR count). The lowest BCUT2D eigenvalue weighted by molar-refractivity contribution is 0.104. The second-order valence-electron chi connectivity index (χ2n) is 6.00. The van der Waals surface area contributed by atoms with Crippen LogP contribution in [0.15, 0.2) is 66.7 Å². The van der Waals surface area contributed by atoms with Crippen molar-refractivity contribution >= 4 is 19.1 Å². The molecule has 0 heterocycles. The predicted octanol–water partition coefficient (Wildman–Crippen LogP) is 6.00. The van der Waals surface area contributed by atoms with Gasteiger partial charge >= 0.3 is 0 Å². The summed E-state index contributed by atoms with van der Waals surface area (Å²) in [7, 11) is -1.64. The molecule has 2 heteroatoms. The smallest absolute Gasteiger partial charge is 0.185 e. The van der Waals surface area contributed by atoms with Gasteiger partial charge in [-0.1, -0.05) is 99.6 Å². The molecule has 0 unspecified atom stereocenters. The van der Waals surface area contributed by atoms with Gasteiger partial charge in [0.25, 0.3) is 0 Å². The number of carbonyl (C=O) groups excluding carboxylic acids is 1. The fraction of sp³-hybridized carbons (Fsp3) is 0.286. The van der Waals surface area contributed by atoms with E-state index in [1.807, 2.05) is 42.5 Å². The molecule has 23 heavy (non-hydrogen) atoms. The number of carbonyl (C=O) groups is 1. The van der Waals surface area contributed by atoms with E-state index in [0.29, 0.717) is 0 Å². The SMILES string of the molecule is CC[Si](CC)(CC)C(=CC(=O)c1ccccc1)c1ccccc1. The highest BCUT2D eigenvalue weighted by molar-refractivity contribution is 6.96. The number of hydrogen-bond acceptors (Lipinski definition) is 1. The van der Waals surface area contributed by atoms with E-state index in [-0.39, 0.29) is 5.78 Å². The van der Waals surface area contributed by atoms with E-state index in [1.54, 1.807) is 0 Å². The van der Waals surface area contributed by atoms with Gasteiger partial charge in [-0.15, -0.1) is 0 Å². The van der Waals surface area contributed by atoms with Crippen LogP contribution in [0.5, 0.6) is 0 Å². The molecule has 0 saturated heterocycles. The summed E-state index contributed by atoms with van der Waals surface area (Å²) in [4.78, 5) is 12.8. The third kappa shape index (κ3) is 3.88. The molecule has 0 aromatic heterocycles. The molecule has 0 atom stereocenters. The highest BCUT2D eigenvalue weighted by atomic mass is 28.3. The normalized spacial score (nSPS) is 12.2. The van der Waals surface area contributed by atoms with E-state index < -0.39 is 8.07 Å². The summed E-state index contributed by atoms with van der Waals surface area (Å²) >= 11 is 0. The molecular weight excluding hydrogens is 296 g/mol. The third-order valence-electron chi connectivity index (χ3n) is 5.02. The molecular formula is C21H26OSi. The third-order valence-corrected chi connectivity index (χ3v) is 10.7. The van der Waals surface area contributed by atoms with Gasteiger partial charge < -0.3 is 0 Å². The van der Waals surface area contributed by atoms with E-state index in [0.717, 1.165) is 5.56 Å². The van der Waals surface area contributed by atoms with Gasteiger partial charge in [0, 0.05) is 5.56 Å². The van der Waals surface area contributed by atoms with Crippen LogP contribution in [-0.4, -0.2) is 13.9 Å². The fourth-order valence-corrected chi connectivity index (χ4v) is 7.16. The average Bonchev–Trinajstić information content (AvgIpc) is 2.64. The number of ketones is 1. The van der Waals surface area contributed by atoms with E-state index in [4.69, 9.17) is 0 Å². The van der Waals surface area contributed by atoms with Gasteiger partial charge in [-0.3, -0.25) is 4.79 Å². The quantitative estimate of drug-likeness (QED) is 0.347. The Bertz CT molecular complexity index is 646. The standard InChI is InChI=1S/C21H26OSi/c1-4-23(5-2,6-3)21(19-15-11-8-12-16-19)17-20(22)18-13-9-7-10-14-18/h7-17H,4-6H2,1-3H3.